The lowest BCUT2D eigenvalue weighted by molar-refractivity contribution is 0.189. The number of aliphatic imine (C=N–C) groups is 1. The Morgan fingerprint density at radius 3 is 2.66 bits per heavy atom. The minimum atomic E-state index is -0.0141. The minimum Gasteiger partial charge on any atom is -0.382 e. The Hall–Kier alpha value is -3.35. The van der Waals surface area contributed by atoms with Crippen molar-refractivity contribution < 1.29 is 0 Å². The number of piperidine rings is 1. The van der Waals surface area contributed by atoms with Gasteiger partial charge in [-0.25, -0.2) is 9.97 Å². The molecule has 1 aliphatic carbocycles. The molecule has 1 fully saturated rings. The molecule has 0 atom stereocenters. The minimum absolute atomic E-state index is 0.0141. The van der Waals surface area contributed by atoms with Gasteiger partial charge in [-0.15, -0.1) is 0 Å². The fourth-order valence-electron chi connectivity index (χ4n) is 5.44. The highest BCUT2D eigenvalue weighted by molar-refractivity contribution is 5.91. The Bertz CT molecular complexity index is 1190. The van der Waals surface area contributed by atoms with Crippen molar-refractivity contribution in [1.29, 1.82) is 0 Å². The number of likely N-dealkylation sites (tertiary alicyclic amines) is 1. The first kappa shape index (κ1) is 23.4. The van der Waals surface area contributed by atoms with E-state index in [0.717, 1.165) is 62.7 Å². The summed E-state index contributed by atoms with van der Waals surface area (Å²) in [6.45, 7) is 15.1. The lowest BCUT2D eigenvalue weighted by Gasteiger charge is -2.41. The van der Waals surface area contributed by atoms with Crippen LogP contribution in [-0.4, -0.2) is 46.0 Å². The normalized spacial score (nSPS) is 18.2. The number of hydrogen-bond acceptors (Lipinski definition) is 7. The summed E-state index contributed by atoms with van der Waals surface area (Å²) < 4.78 is 0. The van der Waals surface area contributed by atoms with E-state index < -0.39 is 0 Å². The predicted molar refractivity (Wildman–Crippen MR) is 143 cm³/mol. The third kappa shape index (κ3) is 4.90. The van der Waals surface area contributed by atoms with Gasteiger partial charge >= 0.3 is 0 Å². The van der Waals surface area contributed by atoms with Crippen LogP contribution < -0.4 is 16.4 Å². The van der Waals surface area contributed by atoms with Gasteiger partial charge in [0.05, 0.1) is 29.2 Å². The number of aromatic nitrogens is 2. The summed E-state index contributed by atoms with van der Waals surface area (Å²) in [6.07, 6.45) is 7.92. The smallest absolute Gasteiger partial charge is 0.196 e. The molecule has 2 aromatic rings. The molecule has 35 heavy (non-hydrogen) atoms. The van der Waals surface area contributed by atoms with Crippen molar-refractivity contribution in [2.45, 2.75) is 64.3 Å². The molecule has 4 N–H and O–H groups in total. The topological polar surface area (TPSA) is 91.5 Å². The highest BCUT2D eigenvalue weighted by Gasteiger charge is 2.39. The van der Waals surface area contributed by atoms with Crippen molar-refractivity contribution >= 4 is 17.5 Å². The molecule has 3 aliphatic rings. The summed E-state index contributed by atoms with van der Waals surface area (Å²) >= 11 is 0. The van der Waals surface area contributed by atoms with E-state index in [0.29, 0.717) is 17.2 Å². The first-order valence-corrected chi connectivity index (χ1v) is 12.7. The van der Waals surface area contributed by atoms with Gasteiger partial charge in [-0.2, -0.15) is 0 Å². The third-order valence-electron chi connectivity index (χ3n) is 7.85. The molecule has 0 bridgehead atoms. The van der Waals surface area contributed by atoms with Gasteiger partial charge in [0.2, 0.25) is 0 Å². The zero-order valence-electron chi connectivity index (χ0n) is 21.1. The van der Waals surface area contributed by atoms with Crippen LogP contribution in [0, 0.1) is 13.8 Å². The second-order valence-electron chi connectivity index (χ2n) is 10.3. The summed E-state index contributed by atoms with van der Waals surface area (Å²) in [6, 6.07) is 7.06. The number of hydrogen-bond donors (Lipinski definition) is 3. The van der Waals surface area contributed by atoms with Crippen LogP contribution in [0.1, 0.15) is 59.5 Å². The zero-order valence-corrected chi connectivity index (χ0v) is 21.1. The van der Waals surface area contributed by atoms with E-state index >= 15 is 0 Å². The first-order valence-electron chi connectivity index (χ1n) is 12.7. The molecule has 0 saturated carbocycles. The van der Waals surface area contributed by atoms with Crippen molar-refractivity contribution in [3.05, 3.63) is 70.8 Å². The van der Waals surface area contributed by atoms with Crippen LogP contribution in [0.3, 0.4) is 0 Å². The summed E-state index contributed by atoms with van der Waals surface area (Å²) in [5, 5.41) is 6.90. The van der Waals surface area contributed by atoms with Gasteiger partial charge in [-0.05, 0) is 75.5 Å². The van der Waals surface area contributed by atoms with Gasteiger partial charge < -0.3 is 21.3 Å². The lowest BCUT2D eigenvalue weighted by atomic mass is 9.88. The van der Waals surface area contributed by atoms with Crippen LogP contribution in [0.2, 0.25) is 0 Å². The Labute approximate surface area is 208 Å². The molecular formula is C28H37N7. The monoisotopic (exact) mass is 471 g/mol. The van der Waals surface area contributed by atoms with Gasteiger partial charge in [0.25, 0.3) is 0 Å². The standard InChI is InChI=1S/C28H37N7/c1-18(8-9-22-10-11-23-6-5-7-24(23)16-22)35-14-12-28(13-15-35)17-30-27(34-28)33-21(4)25-26(29)32-20(3)19(2)31-25/h10-11,16H,1,4-9,12-15,17H2,2-3H3,(H2,29,32)(H2,30,33,34). The van der Waals surface area contributed by atoms with Gasteiger partial charge in [0.1, 0.15) is 5.69 Å². The SMILES string of the molecule is C=C(NC1=NCC2(CCN(C(=C)CCc3ccc4c(c3)CCC4)CC2)N1)c1nc(C)c(C)nc1N. The Kier molecular flexibility index (Phi) is 6.26. The average Bonchev–Trinajstić information content (AvgIpc) is 3.47. The number of guanidine groups is 1. The fraction of sp³-hybridized carbons (Fsp3) is 0.464. The van der Waals surface area contributed by atoms with Gasteiger partial charge in [0.15, 0.2) is 11.8 Å². The molecular weight excluding hydrogens is 434 g/mol. The molecule has 1 aromatic carbocycles. The van der Waals surface area contributed by atoms with Crippen molar-refractivity contribution in [3.8, 4) is 0 Å². The largest absolute Gasteiger partial charge is 0.382 e. The van der Waals surface area contributed by atoms with Gasteiger partial charge in [-0.3, -0.25) is 4.99 Å². The molecule has 1 saturated heterocycles. The lowest BCUT2D eigenvalue weighted by Crippen LogP contribution is -2.55. The number of anilines is 1. The summed E-state index contributed by atoms with van der Waals surface area (Å²) in [7, 11) is 0. The summed E-state index contributed by atoms with van der Waals surface area (Å²) in [5.74, 6) is 1.11. The first-order chi connectivity index (χ1) is 16.8. The third-order valence-corrected chi connectivity index (χ3v) is 7.85. The maximum atomic E-state index is 6.08. The quantitative estimate of drug-likeness (QED) is 0.596. The molecule has 7 heteroatoms. The van der Waals surface area contributed by atoms with Crippen LogP contribution in [0.15, 0.2) is 42.0 Å². The van der Waals surface area contributed by atoms with E-state index in [1.807, 2.05) is 13.8 Å². The number of rotatable bonds is 6. The Morgan fingerprint density at radius 2 is 1.86 bits per heavy atom. The number of benzene rings is 1. The molecule has 0 amide bonds. The second kappa shape index (κ2) is 9.36. The van der Waals surface area contributed by atoms with Crippen molar-refractivity contribution in [3.63, 3.8) is 0 Å². The van der Waals surface area contributed by atoms with Crippen LogP contribution in [0.25, 0.3) is 5.70 Å². The summed E-state index contributed by atoms with van der Waals surface area (Å²) in [4.78, 5) is 16.1. The summed E-state index contributed by atoms with van der Waals surface area (Å²) in [5.41, 5.74) is 14.7. The van der Waals surface area contributed by atoms with Crippen LogP contribution in [-0.2, 0) is 19.3 Å². The number of fused-ring (bicyclic) bond motifs is 1. The fourth-order valence-corrected chi connectivity index (χ4v) is 5.44. The van der Waals surface area contributed by atoms with E-state index in [4.69, 9.17) is 10.7 Å². The maximum Gasteiger partial charge on any atom is 0.196 e. The van der Waals surface area contributed by atoms with Crippen molar-refractivity contribution in [2.75, 3.05) is 25.4 Å². The molecule has 3 heterocycles. The second-order valence-corrected chi connectivity index (χ2v) is 10.3. The zero-order chi connectivity index (χ0) is 24.6. The average molecular weight is 472 g/mol. The number of nitrogens with one attached hydrogen (secondary N) is 2. The molecule has 7 nitrogen and oxygen atoms in total. The van der Waals surface area contributed by atoms with E-state index in [9.17, 15) is 0 Å². The van der Waals surface area contributed by atoms with Crippen LogP contribution in [0.5, 0.6) is 0 Å². The molecule has 5 rings (SSSR count). The highest BCUT2D eigenvalue weighted by Crippen LogP contribution is 2.29. The van der Waals surface area contributed by atoms with Crippen molar-refractivity contribution in [1.82, 2.24) is 25.5 Å². The number of nitrogens with zero attached hydrogens (tertiary/aromatic N) is 4. The Balaban J connectivity index is 1.10. The van der Waals surface area contributed by atoms with Crippen LogP contribution >= 0.6 is 0 Å². The van der Waals surface area contributed by atoms with Crippen LogP contribution in [0.4, 0.5) is 5.82 Å². The van der Waals surface area contributed by atoms with E-state index in [1.165, 1.54) is 30.5 Å². The molecule has 2 aliphatic heterocycles. The van der Waals surface area contributed by atoms with E-state index in [-0.39, 0.29) is 5.54 Å². The van der Waals surface area contributed by atoms with E-state index in [2.05, 4.69) is 56.9 Å². The molecule has 0 unspecified atom stereocenters. The molecule has 1 aromatic heterocycles. The number of nitrogens with two attached hydrogens (primary N) is 1. The van der Waals surface area contributed by atoms with Gasteiger partial charge in [0, 0.05) is 18.8 Å². The molecule has 184 valence electrons. The number of nitrogen functional groups attached to an aromatic ring is 1. The number of allylic oxidation sites excluding steroid dienone is 1. The van der Waals surface area contributed by atoms with Gasteiger partial charge in [-0.1, -0.05) is 31.4 Å². The van der Waals surface area contributed by atoms with Crippen molar-refractivity contribution in [2.24, 2.45) is 4.99 Å². The highest BCUT2D eigenvalue weighted by atomic mass is 15.3. The molecule has 0 radical (unpaired) electrons. The van der Waals surface area contributed by atoms with E-state index in [1.54, 1.807) is 11.1 Å². The predicted octanol–water partition coefficient (Wildman–Crippen LogP) is 3.66. The number of aryl methyl sites for hydroxylation is 5. The molecule has 1 spiro atoms. The Morgan fingerprint density at radius 1 is 1.11 bits per heavy atom. The maximum absolute atomic E-state index is 6.08.